The van der Waals surface area contributed by atoms with Gasteiger partial charge in [-0.05, 0) is 56.5 Å². The minimum atomic E-state index is -0.538. The molecule has 1 heterocycles. The summed E-state index contributed by atoms with van der Waals surface area (Å²) in [7, 11) is 0. The van der Waals surface area contributed by atoms with Crippen LogP contribution in [-0.4, -0.2) is 28.8 Å². The van der Waals surface area contributed by atoms with E-state index in [1.165, 1.54) is 12.1 Å². The topological polar surface area (TPSA) is 75.5 Å². The highest BCUT2D eigenvalue weighted by Gasteiger charge is 2.30. The number of anilines is 1. The lowest BCUT2D eigenvalue weighted by molar-refractivity contribution is -0.384. The number of carbonyl (C=O) groups excluding carboxylic acids is 1. The number of benzene rings is 2. The van der Waals surface area contributed by atoms with E-state index in [0.717, 1.165) is 49.2 Å². The number of piperidine rings is 1. The lowest BCUT2D eigenvalue weighted by Crippen LogP contribution is -2.40. The second-order valence-corrected chi connectivity index (χ2v) is 7.11. The molecule has 6 nitrogen and oxygen atoms in total. The van der Waals surface area contributed by atoms with Crippen molar-refractivity contribution in [1.29, 1.82) is 0 Å². The molecule has 0 aromatic heterocycles. The fourth-order valence-electron chi connectivity index (χ4n) is 3.72. The second kappa shape index (κ2) is 8.31. The van der Waals surface area contributed by atoms with Gasteiger partial charge in [0.05, 0.1) is 4.92 Å². The van der Waals surface area contributed by atoms with Crippen LogP contribution in [0.2, 0.25) is 0 Å². The zero-order chi connectivity index (χ0) is 19.4. The summed E-state index contributed by atoms with van der Waals surface area (Å²) in [5.74, 6) is -0.144. The van der Waals surface area contributed by atoms with Crippen molar-refractivity contribution < 1.29 is 9.72 Å². The van der Waals surface area contributed by atoms with E-state index in [9.17, 15) is 14.9 Å². The van der Waals surface area contributed by atoms with E-state index in [2.05, 4.69) is 10.2 Å². The van der Waals surface area contributed by atoms with Crippen molar-refractivity contribution >= 4 is 17.3 Å². The van der Waals surface area contributed by atoms with Gasteiger partial charge in [0.1, 0.15) is 6.04 Å². The quantitative estimate of drug-likeness (QED) is 0.629. The lowest BCUT2D eigenvalue weighted by atomic mass is 9.99. The predicted molar refractivity (Wildman–Crippen MR) is 106 cm³/mol. The molecule has 1 N–H and O–H groups in total. The van der Waals surface area contributed by atoms with E-state index in [0.29, 0.717) is 5.56 Å². The molecule has 1 aliphatic heterocycles. The van der Waals surface area contributed by atoms with E-state index in [1.807, 2.05) is 32.0 Å². The van der Waals surface area contributed by atoms with Gasteiger partial charge in [-0.2, -0.15) is 0 Å². The van der Waals surface area contributed by atoms with Gasteiger partial charge in [-0.1, -0.05) is 36.8 Å². The summed E-state index contributed by atoms with van der Waals surface area (Å²) in [5, 5.41) is 14.3. The number of likely N-dealkylation sites (tertiary alicyclic amines) is 1. The number of amides is 1. The summed E-state index contributed by atoms with van der Waals surface area (Å²) in [6.07, 6.45) is 3.21. The molecule has 6 heteroatoms. The Labute approximate surface area is 159 Å². The van der Waals surface area contributed by atoms with Crippen LogP contribution in [0.4, 0.5) is 11.4 Å². The van der Waals surface area contributed by atoms with Gasteiger partial charge in [0, 0.05) is 17.8 Å². The summed E-state index contributed by atoms with van der Waals surface area (Å²) in [5.41, 5.74) is 3.48. The Kier molecular flexibility index (Phi) is 5.86. The highest BCUT2D eigenvalue weighted by Crippen LogP contribution is 2.29. The maximum absolute atomic E-state index is 13.3. The largest absolute Gasteiger partial charge is 0.324 e. The van der Waals surface area contributed by atoms with Gasteiger partial charge < -0.3 is 5.32 Å². The molecular weight excluding hydrogens is 342 g/mol. The first-order valence-corrected chi connectivity index (χ1v) is 9.33. The molecule has 0 radical (unpaired) electrons. The highest BCUT2D eigenvalue weighted by atomic mass is 16.6. The van der Waals surface area contributed by atoms with Crippen molar-refractivity contribution in [3.8, 4) is 0 Å². The van der Waals surface area contributed by atoms with Crippen molar-refractivity contribution in [2.24, 2.45) is 0 Å². The molecule has 142 valence electrons. The van der Waals surface area contributed by atoms with Gasteiger partial charge in [0.2, 0.25) is 5.91 Å². The maximum atomic E-state index is 13.3. The van der Waals surface area contributed by atoms with Crippen LogP contribution in [0.1, 0.15) is 42.0 Å². The summed E-state index contributed by atoms with van der Waals surface area (Å²) < 4.78 is 0. The Balaban J connectivity index is 1.95. The van der Waals surface area contributed by atoms with E-state index < -0.39 is 11.0 Å². The van der Waals surface area contributed by atoms with E-state index >= 15 is 0 Å². The van der Waals surface area contributed by atoms with Gasteiger partial charge in [-0.15, -0.1) is 0 Å². The Hall–Kier alpha value is -2.73. The number of hydrogen-bond acceptors (Lipinski definition) is 4. The highest BCUT2D eigenvalue weighted by molar-refractivity contribution is 5.97. The maximum Gasteiger partial charge on any atom is 0.269 e. The number of hydrogen-bond donors (Lipinski definition) is 1. The summed E-state index contributed by atoms with van der Waals surface area (Å²) in [6.45, 7) is 5.55. The third kappa shape index (κ3) is 4.34. The first-order chi connectivity index (χ1) is 13.0. The smallest absolute Gasteiger partial charge is 0.269 e. The summed E-state index contributed by atoms with van der Waals surface area (Å²) in [4.78, 5) is 26.2. The van der Waals surface area contributed by atoms with Crippen LogP contribution in [0.5, 0.6) is 0 Å². The number of para-hydroxylation sites is 1. The van der Waals surface area contributed by atoms with Crippen LogP contribution in [0.15, 0.2) is 42.5 Å². The summed E-state index contributed by atoms with van der Waals surface area (Å²) >= 11 is 0. The molecule has 1 fully saturated rings. The number of nitrogens with zero attached hydrogens (tertiary/aromatic N) is 2. The van der Waals surface area contributed by atoms with Crippen molar-refractivity contribution in [2.45, 2.75) is 39.2 Å². The third-order valence-corrected chi connectivity index (χ3v) is 5.13. The molecule has 0 unspecified atom stereocenters. The lowest BCUT2D eigenvalue weighted by Gasteiger charge is -2.34. The molecule has 3 rings (SSSR count). The zero-order valence-electron chi connectivity index (χ0n) is 15.8. The average molecular weight is 367 g/mol. The van der Waals surface area contributed by atoms with Crippen molar-refractivity contribution in [2.75, 3.05) is 18.4 Å². The van der Waals surface area contributed by atoms with Gasteiger partial charge in [0.25, 0.3) is 5.69 Å². The predicted octanol–water partition coefficient (Wildman–Crippen LogP) is 4.38. The van der Waals surface area contributed by atoms with Crippen LogP contribution < -0.4 is 5.32 Å². The first-order valence-electron chi connectivity index (χ1n) is 9.33. The number of nitrogens with one attached hydrogen (secondary N) is 1. The fraction of sp³-hybridized carbons (Fsp3) is 0.381. The van der Waals surface area contributed by atoms with Crippen LogP contribution in [0, 0.1) is 24.0 Å². The molecule has 27 heavy (non-hydrogen) atoms. The van der Waals surface area contributed by atoms with Crippen LogP contribution >= 0.6 is 0 Å². The van der Waals surface area contributed by atoms with Crippen molar-refractivity contribution in [3.63, 3.8) is 0 Å². The number of carbonyl (C=O) groups is 1. The van der Waals surface area contributed by atoms with Gasteiger partial charge in [-0.3, -0.25) is 19.8 Å². The molecule has 0 saturated carbocycles. The van der Waals surface area contributed by atoms with E-state index in [1.54, 1.807) is 12.1 Å². The Morgan fingerprint density at radius 3 is 2.33 bits per heavy atom. The molecule has 1 atom stereocenters. The van der Waals surface area contributed by atoms with Gasteiger partial charge in [-0.25, -0.2) is 0 Å². The van der Waals surface area contributed by atoms with Gasteiger partial charge >= 0.3 is 0 Å². The average Bonchev–Trinajstić information content (AvgIpc) is 2.66. The molecule has 0 bridgehead atoms. The SMILES string of the molecule is Cc1cccc(C)c1NC(=O)[C@H](c1cccc([N+](=O)[O-])c1)N1CCCCC1. The molecule has 2 aromatic rings. The zero-order valence-corrected chi connectivity index (χ0v) is 15.8. The second-order valence-electron chi connectivity index (χ2n) is 7.11. The Morgan fingerprint density at radius 2 is 1.70 bits per heavy atom. The molecule has 1 amide bonds. The molecule has 0 spiro atoms. The number of rotatable bonds is 5. The fourth-order valence-corrected chi connectivity index (χ4v) is 3.72. The minimum Gasteiger partial charge on any atom is -0.324 e. The van der Waals surface area contributed by atoms with Crippen molar-refractivity contribution in [1.82, 2.24) is 4.90 Å². The normalized spacial score (nSPS) is 15.9. The number of aryl methyl sites for hydroxylation is 2. The molecule has 1 saturated heterocycles. The van der Waals surface area contributed by atoms with Crippen LogP contribution in [0.25, 0.3) is 0 Å². The molecule has 1 aliphatic rings. The van der Waals surface area contributed by atoms with Crippen LogP contribution in [-0.2, 0) is 4.79 Å². The number of non-ortho nitro benzene ring substituents is 1. The standard InChI is InChI=1S/C21H25N3O3/c1-15-8-6-9-16(2)19(15)22-21(25)20(23-12-4-3-5-13-23)17-10-7-11-18(14-17)24(26)27/h6-11,14,20H,3-5,12-13H2,1-2H3,(H,22,25)/t20-/m0/s1. The number of nitro benzene ring substituents is 1. The summed E-state index contributed by atoms with van der Waals surface area (Å²) in [6, 6.07) is 11.8. The van der Waals surface area contributed by atoms with Crippen molar-refractivity contribution in [3.05, 3.63) is 69.3 Å². The van der Waals surface area contributed by atoms with Crippen LogP contribution in [0.3, 0.4) is 0 Å². The number of nitro groups is 1. The molecule has 0 aliphatic carbocycles. The van der Waals surface area contributed by atoms with Gasteiger partial charge in [0.15, 0.2) is 0 Å². The molecule has 2 aromatic carbocycles. The minimum absolute atomic E-state index is 0.00869. The monoisotopic (exact) mass is 367 g/mol. The van der Waals surface area contributed by atoms with E-state index in [-0.39, 0.29) is 11.6 Å². The Bertz CT molecular complexity index is 824. The Morgan fingerprint density at radius 1 is 1.07 bits per heavy atom. The first kappa shape index (κ1) is 19.0. The third-order valence-electron chi connectivity index (χ3n) is 5.13. The van der Waals surface area contributed by atoms with E-state index in [4.69, 9.17) is 0 Å². The molecular formula is C21H25N3O3.